The van der Waals surface area contributed by atoms with Crippen LogP contribution in [0, 0.1) is 0 Å². The van der Waals surface area contributed by atoms with Crippen LogP contribution in [0.5, 0.6) is 0 Å². The molecule has 1 amide bonds. The Morgan fingerprint density at radius 1 is 1.23 bits per heavy atom. The van der Waals surface area contributed by atoms with E-state index >= 15 is 0 Å². The van der Waals surface area contributed by atoms with E-state index in [9.17, 15) is 18.0 Å². The first-order chi connectivity index (χ1) is 14.2. The molecule has 1 atom stereocenters. The van der Waals surface area contributed by atoms with Crippen LogP contribution < -0.4 is 0 Å². The van der Waals surface area contributed by atoms with Crippen molar-refractivity contribution in [3.05, 3.63) is 34.2 Å². The van der Waals surface area contributed by atoms with Crippen LogP contribution in [0.4, 0.5) is 18.0 Å². The third-order valence-corrected chi connectivity index (χ3v) is 8.07. The summed E-state index contributed by atoms with van der Waals surface area (Å²) in [4.78, 5) is 17.1. The van der Waals surface area contributed by atoms with Gasteiger partial charge in [-0.05, 0) is 45.2 Å². The van der Waals surface area contributed by atoms with Gasteiger partial charge >= 0.3 is 12.3 Å². The second kappa shape index (κ2) is 8.20. The molecular formula is C21H24ClF3N2O2S. The molecule has 9 heteroatoms. The third kappa shape index (κ3) is 4.14. The highest BCUT2D eigenvalue weighted by molar-refractivity contribution is 7.19. The Balaban J connectivity index is 1.41. The highest BCUT2D eigenvalue weighted by Gasteiger charge is 2.45. The molecule has 30 heavy (non-hydrogen) atoms. The zero-order valence-electron chi connectivity index (χ0n) is 16.7. The third-order valence-electron chi connectivity index (χ3n) is 6.37. The van der Waals surface area contributed by atoms with Crippen LogP contribution in [0.2, 0.25) is 5.02 Å². The first-order valence-electron chi connectivity index (χ1n) is 10.1. The van der Waals surface area contributed by atoms with Crippen molar-refractivity contribution in [2.75, 3.05) is 19.6 Å². The summed E-state index contributed by atoms with van der Waals surface area (Å²) < 4.78 is 43.8. The average molecular weight is 461 g/mol. The molecule has 1 spiro atoms. The molecule has 1 unspecified atom stereocenters. The first-order valence-corrected chi connectivity index (χ1v) is 11.3. The fourth-order valence-electron chi connectivity index (χ4n) is 4.55. The minimum atomic E-state index is -4.54. The number of carbonyl (C=O) groups excluding carboxylic acids is 1. The summed E-state index contributed by atoms with van der Waals surface area (Å²) >= 11 is 8.34. The monoisotopic (exact) mass is 460 g/mol. The summed E-state index contributed by atoms with van der Waals surface area (Å²) in [6, 6.07) is 8.09. The van der Waals surface area contributed by atoms with Gasteiger partial charge in [-0.1, -0.05) is 29.8 Å². The van der Waals surface area contributed by atoms with Crippen molar-refractivity contribution < 1.29 is 22.7 Å². The van der Waals surface area contributed by atoms with Crippen molar-refractivity contribution in [3.63, 3.8) is 0 Å². The number of amides is 1. The van der Waals surface area contributed by atoms with Crippen LogP contribution in [0.25, 0.3) is 10.1 Å². The number of likely N-dealkylation sites (tertiary alicyclic amines) is 2. The maximum absolute atomic E-state index is 12.7. The normalized spacial score (nSPS) is 20.8. The number of hydrogen-bond acceptors (Lipinski definition) is 4. The Labute approximate surface area is 182 Å². The number of nitrogens with zero attached hydrogens (tertiary/aromatic N) is 2. The molecule has 0 N–H and O–H groups in total. The molecule has 4 rings (SSSR count). The maximum Gasteiger partial charge on any atom is 0.425 e. The SMILES string of the molecule is CC(OC(=O)N1CCC2(CCCN2Cc2sc3ccccc3c2Cl)CC1)C(F)(F)F. The highest BCUT2D eigenvalue weighted by atomic mass is 35.5. The molecule has 1 aromatic carbocycles. The summed E-state index contributed by atoms with van der Waals surface area (Å²) in [6.07, 6.45) is -3.98. The molecule has 0 saturated carbocycles. The molecule has 2 aliphatic heterocycles. The van der Waals surface area contributed by atoms with Gasteiger partial charge in [0.25, 0.3) is 0 Å². The van der Waals surface area contributed by atoms with Crippen LogP contribution in [0.15, 0.2) is 24.3 Å². The predicted octanol–water partition coefficient (Wildman–Crippen LogP) is 6.07. The van der Waals surface area contributed by atoms with E-state index in [4.69, 9.17) is 11.6 Å². The topological polar surface area (TPSA) is 32.8 Å². The molecular weight excluding hydrogens is 437 g/mol. The van der Waals surface area contributed by atoms with Crippen molar-refractivity contribution in [3.8, 4) is 0 Å². The quantitative estimate of drug-likeness (QED) is 0.557. The summed E-state index contributed by atoms with van der Waals surface area (Å²) in [7, 11) is 0. The van der Waals surface area contributed by atoms with Gasteiger partial charge in [0.15, 0.2) is 6.10 Å². The highest BCUT2D eigenvalue weighted by Crippen LogP contribution is 2.43. The molecule has 2 saturated heterocycles. The molecule has 1 aromatic heterocycles. The van der Waals surface area contributed by atoms with Crippen molar-refractivity contribution in [2.24, 2.45) is 0 Å². The molecule has 0 bridgehead atoms. The minimum absolute atomic E-state index is 0.0358. The molecule has 164 valence electrons. The number of ether oxygens (including phenoxy) is 1. The molecule has 0 radical (unpaired) electrons. The lowest BCUT2D eigenvalue weighted by Crippen LogP contribution is -2.53. The fraction of sp³-hybridized carbons (Fsp3) is 0.571. The maximum atomic E-state index is 12.7. The molecule has 2 aliphatic rings. The van der Waals surface area contributed by atoms with Gasteiger partial charge in [-0.25, -0.2) is 4.79 Å². The zero-order chi connectivity index (χ0) is 21.5. The second-order valence-electron chi connectivity index (χ2n) is 8.14. The number of halogens is 4. The van der Waals surface area contributed by atoms with E-state index in [2.05, 4.69) is 15.7 Å². The Kier molecular flexibility index (Phi) is 5.94. The average Bonchev–Trinajstić information content (AvgIpc) is 3.23. The lowest BCUT2D eigenvalue weighted by atomic mass is 9.85. The van der Waals surface area contributed by atoms with E-state index in [-0.39, 0.29) is 5.54 Å². The van der Waals surface area contributed by atoms with Crippen LogP contribution in [0.3, 0.4) is 0 Å². The second-order valence-corrected chi connectivity index (χ2v) is 9.65. The first kappa shape index (κ1) is 21.7. The summed E-state index contributed by atoms with van der Waals surface area (Å²) in [5.74, 6) is 0. The number of thiophene rings is 1. The number of alkyl halides is 3. The van der Waals surface area contributed by atoms with E-state index in [1.807, 2.05) is 18.2 Å². The van der Waals surface area contributed by atoms with Crippen molar-refractivity contribution in [2.45, 2.75) is 57.0 Å². The summed E-state index contributed by atoms with van der Waals surface area (Å²) in [5.41, 5.74) is -0.0358. The van der Waals surface area contributed by atoms with E-state index in [0.717, 1.165) is 61.0 Å². The van der Waals surface area contributed by atoms with Crippen LogP contribution in [-0.2, 0) is 11.3 Å². The molecule has 2 aromatic rings. The lowest BCUT2D eigenvalue weighted by Gasteiger charge is -2.44. The zero-order valence-corrected chi connectivity index (χ0v) is 18.2. The number of benzene rings is 1. The smallest absolute Gasteiger partial charge is 0.425 e. The van der Waals surface area contributed by atoms with Crippen molar-refractivity contribution in [1.82, 2.24) is 9.80 Å². The van der Waals surface area contributed by atoms with E-state index in [0.29, 0.717) is 13.1 Å². The molecule has 2 fully saturated rings. The van der Waals surface area contributed by atoms with Gasteiger partial charge in [-0.15, -0.1) is 11.3 Å². The van der Waals surface area contributed by atoms with Crippen molar-refractivity contribution in [1.29, 1.82) is 0 Å². The van der Waals surface area contributed by atoms with E-state index in [1.165, 1.54) is 9.60 Å². The Hall–Kier alpha value is -1.51. The van der Waals surface area contributed by atoms with Gasteiger partial charge in [-0.3, -0.25) is 4.90 Å². The summed E-state index contributed by atoms with van der Waals surface area (Å²) in [6.45, 7) is 3.38. The fourth-order valence-corrected chi connectivity index (χ4v) is 6.05. The number of hydrogen-bond donors (Lipinski definition) is 0. The largest absolute Gasteiger partial charge is 0.437 e. The van der Waals surface area contributed by atoms with Gasteiger partial charge < -0.3 is 9.64 Å². The number of piperidine rings is 1. The van der Waals surface area contributed by atoms with Gasteiger partial charge in [0.2, 0.25) is 0 Å². The number of fused-ring (bicyclic) bond motifs is 1. The van der Waals surface area contributed by atoms with Crippen LogP contribution in [-0.4, -0.2) is 53.3 Å². The Morgan fingerprint density at radius 3 is 2.60 bits per heavy atom. The number of rotatable bonds is 3. The van der Waals surface area contributed by atoms with Gasteiger partial charge in [0.05, 0.1) is 5.02 Å². The number of carbonyl (C=O) groups is 1. The lowest BCUT2D eigenvalue weighted by molar-refractivity contribution is -0.200. The predicted molar refractivity (Wildman–Crippen MR) is 112 cm³/mol. The van der Waals surface area contributed by atoms with Crippen LogP contribution in [0.1, 0.15) is 37.5 Å². The van der Waals surface area contributed by atoms with E-state index < -0.39 is 18.4 Å². The van der Waals surface area contributed by atoms with Crippen LogP contribution >= 0.6 is 22.9 Å². The molecule has 4 nitrogen and oxygen atoms in total. The minimum Gasteiger partial charge on any atom is -0.437 e. The summed E-state index contributed by atoms with van der Waals surface area (Å²) in [5, 5.41) is 1.88. The van der Waals surface area contributed by atoms with E-state index in [1.54, 1.807) is 11.3 Å². The van der Waals surface area contributed by atoms with Gasteiger partial charge in [0, 0.05) is 40.1 Å². The standard InChI is InChI=1S/C21H24ClF3N2O2S/c1-14(21(23,24)25)29-19(28)26-11-8-20(9-12-26)7-4-10-27(20)13-17-18(22)15-5-2-3-6-16(15)30-17/h2-3,5-6,14H,4,7-13H2,1H3. The molecule has 3 heterocycles. The van der Waals surface area contributed by atoms with Gasteiger partial charge in [0.1, 0.15) is 0 Å². The van der Waals surface area contributed by atoms with Gasteiger partial charge in [-0.2, -0.15) is 13.2 Å². The van der Waals surface area contributed by atoms with Crippen molar-refractivity contribution >= 4 is 39.1 Å². The molecule has 0 aliphatic carbocycles. The Bertz CT molecular complexity index is 925. The Morgan fingerprint density at radius 2 is 1.93 bits per heavy atom.